The van der Waals surface area contributed by atoms with Crippen molar-refractivity contribution in [1.29, 1.82) is 0 Å². The number of aromatic nitrogens is 2. The maximum Gasteiger partial charge on any atom is 0.146 e. The molecule has 0 fully saturated rings. The van der Waals surface area contributed by atoms with Crippen LogP contribution >= 0.6 is 0 Å². The molecular formula is C45H28N2. The molecule has 0 bridgehead atoms. The highest BCUT2D eigenvalue weighted by Crippen LogP contribution is 2.40. The van der Waals surface area contributed by atoms with E-state index in [1.54, 1.807) is 0 Å². The van der Waals surface area contributed by atoms with Gasteiger partial charge in [0.25, 0.3) is 0 Å². The summed E-state index contributed by atoms with van der Waals surface area (Å²) in [5.41, 5.74) is 9.86. The topological polar surface area (TPSA) is 17.3 Å². The van der Waals surface area contributed by atoms with Gasteiger partial charge in [0.2, 0.25) is 0 Å². The molecule has 2 nitrogen and oxygen atoms in total. The van der Waals surface area contributed by atoms with Gasteiger partial charge in [0, 0.05) is 10.9 Å². The molecule has 0 saturated heterocycles. The van der Waals surface area contributed by atoms with Crippen LogP contribution in [0, 0.1) is 0 Å². The first-order chi connectivity index (χ1) is 23.2. The number of nitrogens with zero attached hydrogens (tertiary/aromatic N) is 2. The Kier molecular flexibility index (Phi) is 5.33. The highest BCUT2D eigenvalue weighted by atomic mass is 15.0. The molecule has 0 N–H and O–H groups in total. The molecule has 8 aromatic carbocycles. The number of fused-ring (bicyclic) bond motifs is 6. The summed E-state index contributed by atoms with van der Waals surface area (Å²) in [7, 11) is 0. The van der Waals surface area contributed by atoms with E-state index in [2.05, 4.69) is 151 Å². The average Bonchev–Trinajstić information content (AvgIpc) is 3.52. The second-order valence-corrected chi connectivity index (χ2v) is 12.5. The molecule has 2 heterocycles. The molecule has 218 valence electrons. The summed E-state index contributed by atoms with van der Waals surface area (Å²) in [5.74, 6) is 0. The number of hydrogen-bond donors (Lipinski definition) is 0. The smallest absolute Gasteiger partial charge is 0.146 e. The van der Waals surface area contributed by atoms with Crippen LogP contribution in [0.3, 0.4) is 0 Å². The monoisotopic (exact) mass is 596 g/mol. The second-order valence-electron chi connectivity index (χ2n) is 12.5. The highest BCUT2D eigenvalue weighted by molar-refractivity contribution is 6.25. The molecule has 10 aromatic rings. The van der Waals surface area contributed by atoms with Crippen LogP contribution < -0.4 is 0 Å². The lowest BCUT2D eigenvalue weighted by molar-refractivity contribution is 1.21. The lowest BCUT2D eigenvalue weighted by atomic mass is 9.89. The van der Waals surface area contributed by atoms with Crippen molar-refractivity contribution in [1.82, 2.24) is 9.38 Å². The summed E-state index contributed by atoms with van der Waals surface area (Å²) in [4.78, 5) is 5.16. The standard InChI is InChI=1S/C45H28N2/c1-3-35-37-10-5-6-11-39(37)45-46-40-26-33(20-23-42(40)47(45)41(35)4-2)31-14-15-32-25-34(17-16-30(32)24-31)36-21-18-29-13-12-27-8-7-9-28-19-22-38(36)44(29)43(27)28/h3-26H,1-2H2. The van der Waals surface area contributed by atoms with Crippen molar-refractivity contribution in [3.8, 4) is 22.3 Å². The molecular weight excluding hydrogens is 569 g/mol. The van der Waals surface area contributed by atoms with Gasteiger partial charge < -0.3 is 0 Å². The quantitative estimate of drug-likeness (QED) is 0.185. The van der Waals surface area contributed by atoms with Crippen molar-refractivity contribution in [2.24, 2.45) is 0 Å². The van der Waals surface area contributed by atoms with Gasteiger partial charge in [0.05, 0.1) is 16.7 Å². The van der Waals surface area contributed by atoms with Crippen molar-refractivity contribution in [3.63, 3.8) is 0 Å². The third-order valence-electron chi connectivity index (χ3n) is 10.0. The minimum atomic E-state index is 0.936. The summed E-state index contributed by atoms with van der Waals surface area (Å²) in [6, 6.07) is 48.8. The van der Waals surface area contributed by atoms with Crippen molar-refractivity contribution in [2.45, 2.75) is 0 Å². The Balaban J connectivity index is 1.10. The van der Waals surface area contributed by atoms with Gasteiger partial charge in [-0.05, 0) is 101 Å². The predicted octanol–water partition coefficient (Wildman–Crippen LogP) is 12.3. The average molecular weight is 597 g/mol. The van der Waals surface area contributed by atoms with E-state index >= 15 is 0 Å². The zero-order valence-electron chi connectivity index (χ0n) is 25.7. The van der Waals surface area contributed by atoms with Crippen molar-refractivity contribution in [2.75, 3.05) is 0 Å². The van der Waals surface area contributed by atoms with Crippen LogP contribution in [0.15, 0.2) is 147 Å². The van der Waals surface area contributed by atoms with Crippen molar-refractivity contribution < 1.29 is 0 Å². The summed E-state index contributed by atoms with van der Waals surface area (Å²) < 4.78 is 2.21. The first-order valence-corrected chi connectivity index (χ1v) is 16.0. The number of rotatable bonds is 4. The molecule has 0 atom stereocenters. The van der Waals surface area contributed by atoms with E-state index in [4.69, 9.17) is 4.98 Å². The molecule has 0 saturated carbocycles. The fourth-order valence-electron chi connectivity index (χ4n) is 7.85. The second kappa shape index (κ2) is 9.62. The first kappa shape index (κ1) is 26.0. The van der Waals surface area contributed by atoms with Gasteiger partial charge in [-0.1, -0.05) is 128 Å². The molecule has 0 aliphatic heterocycles. The highest BCUT2D eigenvalue weighted by Gasteiger charge is 2.16. The molecule has 0 aliphatic rings. The summed E-state index contributed by atoms with van der Waals surface area (Å²) in [6.45, 7) is 8.25. The van der Waals surface area contributed by atoms with E-state index in [-0.39, 0.29) is 0 Å². The fourth-order valence-corrected chi connectivity index (χ4v) is 7.85. The SMILES string of the molecule is C=Cc1c(C=C)n2c3ccc(-c4ccc5cc(-c6ccc7ccc8cccc9ccc6c7c89)ccc5c4)cc3nc2c2ccccc12. The number of pyridine rings is 1. The Morgan fingerprint density at radius 3 is 1.91 bits per heavy atom. The predicted molar refractivity (Wildman–Crippen MR) is 202 cm³/mol. The Bertz CT molecular complexity index is 2920. The van der Waals surface area contributed by atoms with Gasteiger partial charge in [-0.3, -0.25) is 4.40 Å². The fraction of sp³-hybridized carbons (Fsp3) is 0. The Morgan fingerprint density at radius 2 is 1.13 bits per heavy atom. The van der Waals surface area contributed by atoms with Crippen LogP contribution in [0.25, 0.3) is 105 Å². The van der Waals surface area contributed by atoms with Gasteiger partial charge in [-0.25, -0.2) is 4.98 Å². The van der Waals surface area contributed by atoms with E-state index in [1.165, 1.54) is 59.8 Å². The van der Waals surface area contributed by atoms with Crippen LogP contribution in [0.4, 0.5) is 0 Å². The van der Waals surface area contributed by atoms with Gasteiger partial charge in [0.1, 0.15) is 5.65 Å². The maximum absolute atomic E-state index is 5.16. The molecule has 0 aliphatic carbocycles. The van der Waals surface area contributed by atoms with Crippen LogP contribution in [-0.4, -0.2) is 9.38 Å². The summed E-state index contributed by atoms with van der Waals surface area (Å²) in [5, 5.41) is 12.6. The first-order valence-electron chi connectivity index (χ1n) is 16.0. The largest absolute Gasteiger partial charge is 0.292 e. The van der Waals surface area contributed by atoms with Crippen LogP contribution in [0.1, 0.15) is 11.3 Å². The molecule has 0 unspecified atom stereocenters. The Labute approximate surface area is 271 Å². The molecule has 0 radical (unpaired) electrons. The third-order valence-corrected chi connectivity index (χ3v) is 10.0. The molecule has 0 amide bonds. The molecule has 0 spiro atoms. The molecule has 2 aromatic heterocycles. The molecule has 47 heavy (non-hydrogen) atoms. The summed E-state index contributed by atoms with van der Waals surface area (Å²) >= 11 is 0. The van der Waals surface area contributed by atoms with E-state index in [9.17, 15) is 0 Å². The lowest BCUT2D eigenvalue weighted by Gasteiger charge is -2.14. The van der Waals surface area contributed by atoms with E-state index < -0.39 is 0 Å². The summed E-state index contributed by atoms with van der Waals surface area (Å²) in [6.07, 6.45) is 3.83. The number of benzene rings is 8. The maximum atomic E-state index is 5.16. The zero-order chi connectivity index (χ0) is 31.2. The Morgan fingerprint density at radius 1 is 0.489 bits per heavy atom. The molecule has 2 heteroatoms. The zero-order valence-corrected chi connectivity index (χ0v) is 25.7. The van der Waals surface area contributed by atoms with Crippen LogP contribution in [-0.2, 0) is 0 Å². The Hall–Kier alpha value is -6.25. The van der Waals surface area contributed by atoms with Crippen molar-refractivity contribution in [3.05, 3.63) is 158 Å². The van der Waals surface area contributed by atoms with E-state index in [1.807, 2.05) is 12.2 Å². The van der Waals surface area contributed by atoms with Crippen LogP contribution in [0.5, 0.6) is 0 Å². The lowest BCUT2D eigenvalue weighted by Crippen LogP contribution is -1.97. The van der Waals surface area contributed by atoms with Crippen molar-refractivity contribution >= 4 is 82.7 Å². The van der Waals surface area contributed by atoms with Gasteiger partial charge in [0.15, 0.2) is 0 Å². The van der Waals surface area contributed by atoms with Gasteiger partial charge in [-0.15, -0.1) is 0 Å². The van der Waals surface area contributed by atoms with Crippen LogP contribution in [0.2, 0.25) is 0 Å². The number of hydrogen-bond acceptors (Lipinski definition) is 1. The van der Waals surface area contributed by atoms with E-state index in [0.29, 0.717) is 0 Å². The minimum Gasteiger partial charge on any atom is -0.292 e. The number of imidazole rings is 1. The minimum absolute atomic E-state index is 0.936. The third kappa shape index (κ3) is 3.64. The molecule has 10 rings (SSSR count). The van der Waals surface area contributed by atoms with Gasteiger partial charge in [-0.2, -0.15) is 0 Å². The van der Waals surface area contributed by atoms with Gasteiger partial charge >= 0.3 is 0 Å². The van der Waals surface area contributed by atoms with E-state index in [0.717, 1.165) is 44.3 Å². The normalized spacial score (nSPS) is 12.0.